The summed E-state index contributed by atoms with van der Waals surface area (Å²) < 4.78 is 1.09. The Morgan fingerprint density at radius 1 is 1.06 bits per heavy atom. The van der Waals surface area contributed by atoms with Crippen molar-refractivity contribution in [1.29, 1.82) is 0 Å². The average Bonchev–Trinajstić information content (AvgIpc) is 2.39. The molecule has 18 heavy (non-hydrogen) atoms. The number of halogens is 1. The molecule has 2 rings (SSSR count). The Balaban J connectivity index is 2.11. The third-order valence-corrected chi connectivity index (χ3v) is 3.19. The Hall–Kier alpha value is -1.56. The molecular weight excluding hydrogens is 339 g/mol. The van der Waals surface area contributed by atoms with Gasteiger partial charge in [0.1, 0.15) is 0 Å². The SMILES string of the molecule is CNc1ccc(C(=O)Nc2cccc(I)c2)cc1. The number of hydrogen-bond donors (Lipinski definition) is 2. The van der Waals surface area contributed by atoms with Gasteiger partial charge in [0, 0.05) is 27.6 Å². The Bertz CT molecular complexity index is 552. The van der Waals surface area contributed by atoms with Crippen molar-refractivity contribution < 1.29 is 4.79 Å². The molecule has 0 fully saturated rings. The lowest BCUT2D eigenvalue weighted by Crippen LogP contribution is -2.11. The van der Waals surface area contributed by atoms with E-state index in [0.717, 1.165) is 14.9 Å². The summed E-state index contributed by atoms with van der Waals surface area (Å²) >= 11 is 2.22. The van der Waals surface area contributed by atoms with E-state index < -0.39 is 0 Å². The quantitative estimate of drug-likeness (QED) is 0.829. The molecule has 4 heteroatoms. The molecule has 0 heterocycles. The average molecular weight is 352 g/mol. The van der Waals surface area contributed by atoms with Crippen molar-refractivity contribution >= 4 is 39.9 Å². The molecule has 0 bridgehead atoms. The van der Waals surface area contributed by atoms with Gasteiger partial charge >= 0.3 is 0 Å². The highest BCUT2D eigenvalue weighted by atomic mass is 127. The fourth-order valence-electron chi connectivity index (χ4n) is 1.56. The van der Waals surface area contributed by atoms with Crippen LogP contribution in [0.3, 0.4) is 0 Å². The van der Waals surface area contributed by atoms with Crippen molar-refractivity contribution in [1.82, 2.24) is 0 Å². The molecule has 0 saturated heterocycles. The summed E-state index contributed by atoms with van der Waals surface area (Å²) in [5.41, 5.74) is 2.44. The molecule has 2 aromatic rings. The Morgan fingerprint density at radius 3 is 2.39 bits per heavy atom. The molecule has 0 aliphatic carbocycles. The maximum absolute atomic E-state index is 12.0. The summed E-state index contributed by atoms with van der Waals surface area (Å²) in [4.78, 5) is 12.0. The molecule has 0 aliphatic heterocycles. The summed E-state index contributed by atoms with van der Waals surface area (Å²) in [5, 5.41) is 5.89. The lowest BCUT2D eigenvalue weighted by molar-refractivity contribution is 0.102. The fraction of sp³-hybridized carbons (Fsp3) is 0.0714. The van der Waals surface area contributed by atoms with E-state index in [-0.39, 0.29) is 5.91 Å². The molecular formula is C14H13IN2O. The largest absolute Gasteiger partial charge is 0.388 e. The third kappa shape index (κ3) is 3.22. The van der Waals surface area contributed by atoms with Crippen molar-refractivity contribution in [3.8, 4) is 0 Å². The minimum Gasteiger partial charge on any atom is -0.388 e. The summed E-state index contributed by atoms with van der Waals surface area (Å²) in [6.45, 7) is 0. The monoisotopic (exact) mass is 352 g/mol. The number of amides is 1. The molecule has 3 nitrogen and oxygen atoms in total. The van der Waals surface area contributed by atoms with Gasteiger partial charge in [0.05, 0.1) is 0 Å². The highest BCUT2D eigenvalue weighted by Crippen LogP contribution is 2.14. The number of rotatable bonds is 3. The zero-order chi connectivity index (χ0) is 13.0. The molecule has 0 saturated carbocycles. The molecule has 0 aromatic heterocycles. The van der Waals surface area contributed by atoms with Crippen LogP contribution in [-0.4, -0.2) is 13.0 Å². The highest BCUT2D eigenvalue weighted by Gasteiger charge is 2.05. The van der Waals surface area contributed by atoms with Crippen LogP contribution >= 0.6 is 22.6 Å². The van der Waals surface area contributed by atoms with Crippen LogP contribution in [0.1, 0.15) is 10.4 Å². The van der Waals surface area contributed by atoms with Gasteiger partial charge in [-0.15, -0.1) is 0 Å². The molecule has 1 amide bonds. The molecule has 2 N–H and O–H groups in total. The first kappa shape index (κ1) is 12.9. The number of hydrogen-bond acceptors (Lipinski definition) is 2. The standard InChI is InChI=1S/C14H13IN2O/c1-16-12-7-5-10(6-8-12)14(18)17-13-4-2-3-11(15)9-13/h2-9,16H,1H3,(H,17,18). The minimum atomic E-state index is -0.0975. The first-order valence-electron chi connectivity index (χ1n) is 5.54. The lowest BCUT2D eigenvalue weighted by atomic mass is 10.2. The number of carbonyl (C=O) groups excluding carboxylic acids is 1. The summed E-state index contributed by atoms with van der Waals surface area (Å²) in [6.07, 6.45) is 0. The van der Waals surface area contributed by atoms with E-state index in [1.807, 2.05) is 43.4 Å². The van der Waals surface area contributed by atoms with Gasteiger partial charge in [-0.3, -0.25) is 4.79 Å². The maximum atomic E-state index is 12.0. The Labute approximate surface area is 120 Å². The van der Waals surface area contributed by atoms with E-state index >= 15 is 0 Å². The van der Waals surface area contributed by atoms with E-state index in [1.54, 1.807) is 12.1 Å². The van der Waals surface area contributed by atoms with E-state index in [9.17, 15) is 4.79 Å². The van der Waals surface area contributed by atoms with Crippen molar-refractivity contribution in [3.63, 3.8) is 0 Å². The summed E-state index contributed by atoms with van der Waals surface area (Å²) in [7, 11) is 1.85. The number of anilines is 2. The predicted octanol–water partition coefficient (Wildman–Crippen LogP) is 3.59. The lowest BCUT2D eigenvalue weighted by Gasteiger charge is -2.06. The predicted molar refractivity (Wildman–Crippen MR) is 83.1 cm³/mol. The zero-order valence-electron chi connectivity index (χ0n) is 9.91. The maximum Gasteiger partial charge on any atom is 0.255 e. The van der Waals surface area contributed by atoms with Crippen molar-refractivity contribution in [2.75, 3.05) is 17.7 Å². The number of nitrogens with one attached hydrogen (secondary N) is 2. The molecule has 2 aromatic carbocycles. The van der Waals surface area contributed by atoms with Crippen LogP contribution in [0.4, 0.5) is 11.4 Å². The normalized spacial score (nSPS) is 9.89. The summed E-state index contributed by atoms with van der Waals surface area (Å²) in [6, 6.07) is 15.1. The Kier molecular flexibility index (Phi) is 4.19. The van der Waals surface area contributed by atoms with Crippen LogP contribution in [0.5, 0.6) is 0 Å². The molecule has 0 aliphatic rings. The smallest absolute Gasteiger partial charge is 0.255 e. The van der Waals surface area contributed by atoms with Gasteiger partial charge in [0.25, 0.3) is 5.91 Å². The third-order valence-electron chi connectivity index (χ3n) is 2.52. The number of carbonyl (C=O) groups is 1. The van der Waals surface area contributed by atoms with Gasteiger partial charge in [0.2, 0.25) is 0 Å². The van der Waals surface area contributed by atoms with Gasteiger partial charge in [-0.05, 0) is 65.1 Å². The van der Waals surface area contributed by atoms with Gasteiger partial charge in [-0.25, -0.2) is 0 Å². The molecule has 0 unspecified atom stereocenters. The second-order valence-electron chi connectivity index (χ2n) is 3.79. The van der Waals surface area contributed by atoms with E-state index in [2.05, 4.69) is 33.2 Å². The first-order valence-corrected chi connectivity index (χ1v) is 6.61. The van der Waals surface area contributed by atoms with Crippen molar-refractivity contribution in [2.24, 2.45) is 0 Å². The molecule has 0 spiro atoms. The van der Waals surface area contributed by atoms with E-state index in [1.165, 1.54) is 0 Å². The van der Waals surface area contributed by atoms with Crippen LogP contribution < -0.4 is 10.6 Å². The second-order valence-corrected chi connectivity index (χ2v) is 5.04. The van der Waals surface area contributed by atoms with Crippen molar-refractivity contribution in [3.05, 3.63) is 57.7 Å². The molecule has 92 valence electrons. The molecule has 0 atom stereocenters. The van der Waals surface area contributed by atoms with Gasteiger partial charge in [-0.2, -0.15) is 0 Å². The summed E-state index contributed by atoms with van der Waals surface area (Å²) in [5.74, 6) is -0.0975. The van der Waals surface area contributed by atoms with Crippen LogP contribution in [0.25, 0.3) is 0 Å². The van der Waals surface area contributed by atoms with Gasteiger partial charge in [0.15, 0.2) is 0 Å². The first-order chi connectivity index (χ1) is 8.69. The van der Waals surface area contributed by atoms with E-state index in [4.69, 9.17) is 0 Å². The Morgan fingerprint density at radius 2 is 1.78 bits per heavy atom. The number of benzene rings is 2. The van der Waals surface area contributed by atoms with Crippen molar-refractivity contribution in [2.45, 2.75) is 0 Å². The van der Waals surface area contributed by atoms with Gasteiger partial charge in [-0.1, -0.05) is 6.07 Å². The second kappa shape index (κ2) is 5.86. The highest BCUT2D eigenvalue weighted by molar-refractivity contribution is 14.1. The topological polar surface area (TPSA) is 41.1 Å². The molecule has 0 radical (unpaired) electrons. The van der Waals surface area contributed by atoms with Crippen LogP contribution in [0.2, 0.25) is 0 Å². The van der Waals surface area contributed by atoms with E-state index in [0.29, 0.717) is 5.56 Å². The van der Waals surface area contributed by atoms with Crippen LogP contribution in [0.15, 0.2) is 48.5 Å². The minimum absolute atomic E-state index is 0.0975. The fourth-order valence-corrected chi connectivity index (χ4v) is 2.10. The van der Waals surface area contributed by atoms with Gasteiger partial charge < -0.3 is 10.6 Å². The zero-order valence-corrected chi connectivity index (χ0v) is 12.1. The van der Waals surface area contributed by atoms with Crippen LogP contribution in [0, 0.1) is 3.57 Å². The van der Waals surface area contributed by atoms with Crippen LogP contribution in [-0.2, 0) is 0 Å².